The smallest absolute Gasteiger partial charge is 0.239 e. The molecular formula is C13H14N4O2S. The predicted molar refractivity (Wildman–Crippen MR) is 76.0 cm³/mol. The minimum Gasteiger partial charge on any atom is -0.497 e. The molecular weight excluding hydrogens is 276 g/mol. The van der Waals surface area contributed by atoms with Gasteiger partial charge in [-0.1, -0.05) is 16.9 Å². The molecule has 0 aliphatic carbocycles. The third-order valence-corrected chi connectivity index (χ3v) is 3.82. The number of nitrogens with one attached hydrogen (secondary N) is 1. The van der Waals surface area contributed by atoms with Crippen molar-refractivity contribution in [1.82, 2.24) is 20.1 Å². The highest BCUT2D eigenvalue weighted by Gasteiger charge is 2.16. The first-order valence-electron chi connectivity index (χ1n) is 6.16. The Hall–Kier alpha value is -2.02. The van der Waals surface area contributed by atoms with Crippen molar-refractivity contribution in [2.75, 3.05) is 7.11 Å². The first-order valence-corrected chi connectivity index (χ1v) is 7.04. The van der Waals surface area contributed by atoms with Gasteiger partial charge in [-0.15, -0.1) is 0 Å². The molecule has 0 unspecified atom stereocenters. The fourth-order valence-electron chi connectivity index (χ4n) is 1.84. The van der Waals surface area contributed by atoms with E-state index in [2.05, 4.69) is 20.1 Å². The molecule has 3 aromatic rings. The Labute approximate surface area is 119 Å². The molecule has 2 heterocycles. The third-order valence-electron chi connectivity index (χ3n) is 2.85. The van der Waals surface area contributed by atoms with Crippen molar-refractivity contribution in [1.29, 1.82) is 0 Å². The van der Waals surface area contributed by atoms with Crippen LogP contribution in [0.4, 0.5) is 0 Å². The molecule has 1 aromatic carbocycles. The lowest BCUT2D eigenvalue weighted by molar-refractivity contribution is 0.376. The largest absolute Gasteiger partial charge is 0.497 e. The molecule has 7 heteroatoms. The fraction of sp³-hybridized carbons (Fsp3) is 0.308. The lowest BCUT2D eigenvalue weighted by Crippen LogP contribution is -1.89. The maximum Gasteiger partial charge on any atom is 0.239 e. The molecule has 0 saturated heterocycles. The SMILES string of the molecule is COc1ccc2nc(S[C@H](C)c3nc(C)no3)[nH]c2c1. The zero-order valence-corrected chi connectivity index (χ0v) is 12.2. The summed E-state index contributed by atoms with van der Waals surface area (Å²) in [5.74, 6) is 2.05. The Bertz CT molecular complexity index is 737. The molecule has 0 aliphatic rings. The highest BCUT2D eigenvalue weighted by atomic mass is 32.2. The summed E-state index contributed by atoms with van der Waals surface area (Å²) in [7, 11) is 1.65. The number of rotatable bonds is 4. The molecule has 0 bridgehead atoms. The maximum atomic E-state index is 5.20. The summed E-state index contributed by atoms with van der Waals surface area (Å²) in [5, 5.41) is 4.65. The zero-order valence-electron chi connectivity index (χ0n) is 11.4. The van der Waals surface area contributed by atoms with Crippen LogP contribution in [0.1, 0.15) is 23.9 Å². The maximum absolute atomic E-state index is 5.20. The summed E-state index contributed by atoms with van der Waals surface area (Å²) >= 11 is 1.55. The first-order chi connectivity index (χ1) is 9.65. The number of benzene rings is 1. The molecule has 0 saturated carbocycles. The van der Waals surface area contributed by atoms with Crippen LogP contribution in [0.3, 0.4) is 0 Å². The van der Waals surface area contributed by atoms with Crippen molar-refractivity contribution in [3.8, 4) is 5.75 Å². The second-order valence-electron chi connectivity index (χ2n) is 4.36. The third kappa shape index (κ3) is 2.49. The average molecular weight is 290 g/mol. The molecule has 104 valence electrons. The number of ether oxygens (including phenoxy) is 1. The monoisotopic (exact) mass is 290 g/mol. The van der Waals surface area contributed by atoms with E-state index in [0.717, 1.165) is 21.9 Å². The van der Waals surface area contributed by atoms with Gasteiger partial charge < -0.3 is 14.2 Å². The van der Waals surface area contributed by atoms with Crippen LogP contribution in [0.15, 0.2) is 27.9 Å². The van der Waals surface area contributed by atoms with E-state index in [0.29, 0.717) is 11.7 Å². The van der Waals surface area contributed by atoms with E-state index in [-0.39, 0.29) is 5.25 Å². The van der Waals surface area contributed by atoms with Crippen LogP contribution in [0.5, 0.6) is 5.75 Å². The van der Waals surface area contributed by atoms with Crippen LogP contribution in [0, 0.1) is 6.92 Å². The van der Waals surface area contributed by atoms with Crippen molar-refractivity contribution in [3.63, 3.8) is 0 Å². The van der Waals surface area contributed by atoms with Gasteiger partial charge in [-0.3, -0.25) is 0 Å². The van der Waals surface area contributed by atoms with E-state index in [9.17, 15) is 0 Å². The lowest BCUT2D eigenvalue weighted by atomic mass is 10.3. The van der Waals surface area contributed by atoms with Crippen LogP contribution < -0.4 is 4.74 Å². The van der Waals surface area contributed by atoms with E-state index in [4.69, 9.17) is 9.26 Å². The molecule has 0 radical (unpaired) electrons. The Morgan fingerprint density at radius 3 is 2.90 bits per heavy atom. The summed E-state index contributed by atoms with van der Waals surface area (Å²) < 4.78 is 10.4. The molecule has 20 heavy (non-hydrogen) atoms. The van der Waals surface area contributed by atoms with Gasteiger partial charge in [0.2, 0.25) is 5.89 Å². The number of H-pyrrole nitrogens is 1. The Balaban J connectivity index is 1.83. The number of fused-ring (bicyclic) bond motifs is 1. The number of thioether (sulfide) groups is 1. The molecule has 1 atom stereocenters. The Morgan fingerprint density at radius 2 is 2.20 bits per heavy atom. The second kappa shape index (κ2) is 5.16. The van der Waals surface area contributed by atoms with Gasteiger partial charge in [0.1, 0.15) is 5.75 Å². The van der Waals surface area contributed by atoms with E-state index in [1.54, 1.807) is 25.8 Å². The Kier molecular flexibility index (Phi) is 3.35. The van der Waals surface area contributed by atoms with E-state index < -0.39 is 0 Å². The number of hydrogen-bond donors (Lipinski definition) is 1. The standard InChI is InChI=1S/C13H14N4O2S/c1-7(12-14-8(2)17-19-12)20-13-15-10-5-4-9(18-3)6-11(10)16-13/h4-7H,1-3H3,(H,15,16)/t7-/m1/s1. The number of nitrogens with zero attached hydrogens (tertiary/aromatic N) is 3. The molecule has 0 amide bonds. The minimum absolute atomic E-state index is 0.0404. The van der Waals surface area contributed by atoms with Gasteiger partial charge in [-0.25, -0.2) is 4.98 Å². The Morgan fingerprint density at radius 1 is 1.35 bits per heavy atom. The van der Waals surface area contributed by atoms with E-state index >= 15 is 0 Å². The average Bonchev–Trinajstić information content (AvgIpc) is 3.03. The topological polar surface area (TPSA) is 76.8 Å². The van der Waals surface area contributed by atoms with Gasteiger partial charge in [0.15, 0.2) is 11.0 Å². The molecule has 6 nitrogen and oxygen atoms in total. The summed E-state index contributed by atoms with van der Waals surface area (Å²) in [6.07, 6.45) is 0. The number of imidazole rings is 1. The summed E-state index contributed by atoms with van der Waals surface area (Å²) in [6, 6.07) is 5.74. The van der Waals surface area contributed by atoms with Gasteiger partial charge in [0.25, 0.3) is 0 Å². The lowest BCUT2D eigenvalue weighted by Gasteiger charge is -2.02. The van der Waals surface area contributed by atoms with Crippen LogP contribution in [0.2, 0.25) is 0 Å². The molecule has 3 rings (SSSR count). The minimum atomic E-state index is 0.0404. The molecule has 0 spiro atoms. The van der Waals surface area contributed by atoms with Gasteiger partial charge in [0.05, 0.1) is 23.4 Å². The van der Waals surface area contributed by atoms with Crippen LogP contribution in [-0.4, -0.2) is 27.2 Å². The first kappa shape index (κ1) is 13.0. The van der Waals surface area contributed by atoms with Gasteiger partial charge >= 0.3 is 0 Å². The highest BCUT2D eigenvalue weighted by Crippen LogP contribution is 2.33. The van der Waals surface area contributed by atoms with Gasteiger partial charge in [-0.05, 0) is 26.0 Å². The summed E-state index contributed by atoms with van der Waals surface area (Å²) in [5.41, 5.74) is 1.85. The zero-order chi connectivity index (χ0) is 14.1. The van der Waals surface area contributed by atoms with Crippen molar-refractivity contribution in [3.05, 3.63) is 29.9 Å². The molecule has 0 aliphatic heterocycles. The number of methoxy groups -OCH3 is 1. The quantitative estimate of drug-likeness (QED) is 0.744. The number of hydrogen-bond acceptors (Lipinski definition) is 6. The van der Waals surface area contributed by atoms with E-state index in [1.807, 2.05) is 25.1 Å². The van der Waals surface area contributed by atoms with Gasteiger partial charge in [-0.2, -0.15) is 4.98 Å². The second-order valence-corrected chi connectivity index (χ2v) is 5.69. The number of aromatic nitrogens is 4. The van der Waals surface area contributed by atoms with Crippen molar-refractivity contribution >= 4 is 22.8 Å². The molecule has 1 N–H and O–H groups in total. The van der Waals surface area contributed by atoms with Crippen LogP contribution >= 0.6 is 11.8 Å². The van der Waals surface area contributed by atoms with Crippen LogP contribution in [0.25, 0.3) is 11.0 Å². The molecule has 0 fully saturated rings. The van der Waals surface area contributed by atoms with Crippen molar-refractivity contribution < 1.29 is 9.26 Å². The summed E-state index contributed by atoms with van der Waals surface area (Å²) in [4.78, 5) is 12.0. The number of aromatic amines is 1. The van der Waals surface area contributed by atoms with Crippen molar-refractivity contribution in [2.24, 2.45) is 0 Å². The predicted octanol–water partition coefficient (Wildman–Crippen LogP) is 3.12. The molecule has 2 aromatic heterocycles. The van der Waals surface area contributed by atoms with E-state index in [1.165, 1.54) is 0 Å². The van der Waals surface area contributed by atoms with Crippen LogP contribution in [-0.2, 0) is 0 Å². The fourth-order valence-corrected chi connectivity index (χ4v) is 2.70. The summed E-state index contributed by atoms with van der Waals surface area (Å²) in [6.45, 7) is 3.81. The highest BCUT2D eigenvalue weighted by molar-refractivity contribution is 7.99. The normalized spacial score (nSPS) is 12.8. The van der Waals surface area contributed by atoms with Gasteiger partial charge in [0, 0.05) is 6.07 Å². The number of aryl methyl sites for hydroxylation is 1. The van der Waals surface area contributed by atoms with Crippen molar-refractivity contribution in [2.45, 2.75) is 24.3 Å².